The van der Waals surface area contributed by atoms with Crippen LogP contribution in [0.15, 0.2) is 30.3 Å². The zero-order valence-electron chi connectivity index (χ0n) is 18.0. The Hall–Kier alpha value is -3.36. The second-order valence-electron chi connectivity index (χ2n) is 7.34. The highest BCUT2D eigenvalue weighted by Gasteiger charge is 2.17. The van der Waals surface area contributed by atoms with Crippen LogP contribution in [0, 0.1) is 0 Å². The van der Waals surface area contributed by atoms with Gasteiger partial charge < -0.3 is 19.7 Å². The van der Waals surface area contributed by atoms with Crippen molar-refractivity contribution in [2.75, 3.05) is 36.5 Å². The number of rotatable bonds is 9. The summed E-state index contributed by atoms with van der Waals surface area (Å²) in [5.74, 6) is 2.75. The van der Waals surface area contributed by atoms with Crippen molar-refractivity contribution in [2.45, 2.75) is 39.5 Å². The molecule has 1 N–H and O–H groups in total. The first-order valence-electron chi connectivity index (χ1n) is 10.8. The molecule has 0 bridgehead atoms. The summed E-state index contributed by atoms with van der Waals surface area (Å²) in [6.07, 6.45) is 3.05. The van der Waals surface area contributed by atoms with E-state index in [1.165, 1.54) is 12.8 Å². The van der Waals surface area contributed by atoms with Gasteiger partial charge in [0.15, 0.2) is 11.5 Å². The van der Waals surface area contributed by atoms with Gasteiger partial charge in [0.2, 0.25) is 5.91 Å². The van der Waals surface area contributed by atoms with Crippen LogP contribution < -0.4 is 19.7 Å². The third kappa shape index (κ3) is 4.87. The minimum Gasteiger partial charge on any atom is -0.494 e. The van der Waals surface area contributed by atoms with Crippen molar-refractivity contribution in [1.82, 2.24) is 19.8 Å². The fourth-order valence-electron chi connectivity index (χ4n) is 3.68. The first-order valence-corrected chi connectivity index (χ1v) is 10.8. The zero-order chi connectivity index (χ0) is 21.6. The van der Waals surface area contributed by atoms with Crippen molar-refractivity contribution < 1.29 is 14.3 Å². The van der Waals surface area contributed by atoms with Gasteiger partial charge in [0.1, 0.15) is 17.3 Å². The van der Waals surface area contributed by atoms with Crippen LogP contribution in [-0.2, 0) is 11.2 Å². The van der Waals surface area contributed by atoms with Crippen LogP contribution in [-0.4, -0.2) is 52.0 Å². The van der Waals surface area contributed by atoms with Gasteiger partial charge >= 0.3 is 0 Å². The van der Waals surface area contributed by atoms with Crippen molar-refractivity contribution >= 4 is 23.1 Å². The summed E-state index contributed by atoms with van der Waals surface area (Å²) >= 11 is 0. The molecule has 0 saturated carbocycles. The number of benzene rings is 1. The fourth-order valence-corrected chi connectivity index (χ4v) is 3.68. The molecular formula is C22H28N6O3. The summed E-state index contributed by atoms with van der Waals surface area (Å²) in [5, 5.41) is 16.0. The lowest BCUT2D eigenvalue weighted by molar-refractivity contribution is -0.116. The van der Waals surface area contributed by atoms with Gasteiger partial charge in [-0.2, -0.15) is 4.52 Å². The maximum Gasteiger partial charge on any atom is 0.224 e. The number of ether oxygens (including phenoxy) is 2. The number of carbonyl (C=O) groups excluding carboxylic acids is 1. The summed E-state index contributed by atoms with van der Waals surface area (Å²) in [4.78, 5) is 14.9. The van der Waals surface area contributed by atoms with Crippen LogP contribution in [0.25, 0.3) is 5.65 Å². The lowest BCUT2D eigenvalue weighted by Gasteiger charge is -2.15. The van der Waals surface area contributed by atoms with E-state index >= 15 is 0 Å². The number of hydrogen-bond donors (Lipinski definition) is 1. The number of nitrogens with zero attached hydrogens (tertiary/aromatic N) is 5. The first kappa shape index (κ1) is 20.9. The molecule has 9 heteroatoms. The Labute approximate surface area is 181 Å². The maximum absolute atomic E-state index is 12.7. The van der Waals surface area contributed by atoms with Crippen molar-refractivity contribution in [3.63, 3.8) is 0 Å². The molecule has 164 valence electrons. The van der Waals surface area contributed by atoms with E-state index in [1.54, 1.807) is 16.6 Å². The van der Waals surface area contributed by atoms with Crippen molar-refractivity contribution in [2.24, 2.45) is 0 Å². The molecule has 1 aromatic carbocycles. The maximum atomic E-state index is 12.7. The van der Waals surface area contributed by atoms with Crippen LogP contribution in [0.2, 0.25) is 0 Å². The first-order chi connectivity index (χ1) is 15.2. The normalized spacial score (nSPS) is 13.5. The molecule has 0 spiro atoms. The Bertz CT molecular complexity index is 1040. The van der Waals surface area contributed by atoms with Crippen LogP contribution in [0.4, 0.5) is 11.5 Å². The molecule has 0 atom stereocenters. The Kier molecular flexibility index (Phi) is 6.49. The highest BCUT2D eigenvalue weighted by Crippen LogP contribution is 2.29. The molecule has 4 rings (SSSR count). The number of hydrogen-bond acceptors (Lipinski definition) is 7. The van der Waals surface area contributed by atoms with E-state index < -0.39 is 0 Å². The van der Waals surface area contributed by atoms with E-state index in [0.29, 0.717) is 48.3 Å². The molecule has 9 nitrogen and oxygen atoms in total. The third-order valence-corrected chi connectivity index (χ3v) is 5.16. The third-order valence-electron chi connectivity index (χ3n) is 5.16. The van der Waals surface area contributed by atoms with Crippen LogP contribution in [0.3, 0.4) is 0 Å². The highest BCUT2D eigenvalue weighted by molar-refractivity contribution is 5.92. The quantitative estimate of drug-likeness (QED) is 0.564. The van der Waals surface area contributed by atoms with Gasteiger partial charge in [-0.05, 0) is 51.0 Å². The summed E-state index contributed by atoms with van der Waals surface area (Å²) in [6, 6.07) is 9.32. The molecule has 1 amide bonds. The number of amides is 1. The predicted molar refractivity (Wildman–Crippen MR) is 118 cm³/mol. The minimum atomic E-state index is -0.137. The number of fused-ring (bicyclic) bond motifs is 1. The van der Waals surface area contributed by atoms with Gasteiger partial charge in [0, 0.05) is 32.0 Å². The molecule has 0 radical (unpaired) electrons. The number of aromatic nitrogens is 4. The minimum absolute atomic E-state index is 0.137. The van der Waals surface area contributed by atoms with Crippen LogP contribution in [0.5, 0.6) is 11.5 Å². The summed E-state index contributed by atoms with van der Waals surface area (Å²) in [6.45, 7) is 6.91. The molecule has 1 aliphatic rings. The van der Waals surface area contributed by atoms with Crippen LogP contribution in [0.1, 0.15) is 38.9 Å². The van der Waals surface area contributed by atoms with E-state index in [-0.39, 0.29) is 12.3 Å². The Morgan fingerprint density at radius 2 is 1.87 bits per heavy atom. The van der Waals surface area contributed by atoms with Crippen LogP contribution >= 0.6 is 0 Å². The molecule has 0 unspecified atom stereocenters. The monoisotopic (exact) mass is 424 g/mol. The fraction of sp³-hybridized carbons (Fsp3) is 0.455. The van der Waals surface area contributed by atoms with Crippen molar-refractivity contribution in [3.8, 4) is 11.5 Å². The highest BCUT2D eigenvalue weighted by atomic mass is 16.5. The van der Waals surface area contributed by atoms with E-state index in [4.69, 9.17) is 14.6 Å². The standard InChI is InChI=1S/C22H28N6O3/c1-3-30-16-7-8-18(31-4-2)17(15-16)23-22(29)12-11-20-25-24-19-9-10-21(26-28(19)20)27-13-5-6-14-27/h7-10,15H,3-6,11-14H2,1-2H3,(H,23,29). The SMILES string of the molecule is CCOc1ccc(OCC)c(NC(=O)CCc2nnc3ccc(N4CCCC4)nn23)c1. The molecule has 1 saturated heterocycles. The van der Waals surface area contributed by atoms with Gasteiger partial charge in [0.25, 0.3) is 0 Å². The Morgan fingerprint density at radius 3 is 2.65 bits per heavy atom. The molecule has 3 aromatic rings. The number of anilines is 2. The van der Waals surface area contributed by atoms with E-state index in [0.717, 1.165) is 18.9 Å². The smallest absolute Gasteiger partial charge is 0.224 e. The summed E-state index contributed by atoms with van der Waals surface area (Å²) in [7, 11) is 0. The second-order valence-corrected chi connectivity index (χ2v) is 7.34. The molecule has 0 aliphatic carbocycles. The molecular weight excluding hydrogens is 396 g/mol. The Balaban J connectivity index is 1.44. The van der Waals surface area contributed by atoms with Gasteiger partial charge in [0.05, 0.1) is 18.9 Å². The molecule has 31 heavy (non-hydrogen) atoms. The van der Waals surface area contributed by atoms with Gasteiger partial charge in [-0.25, -0.2) is 0 Å². The number of nitrogens with one attached hydrogen (secondary N) is 1. The predicted octanol–water partition coefficient (Wildman–Crippen LogP) is 3.09. The van der Waals surface area contributed by atoms with E-state index in [1.807, 2.05) is 32.0 Å². The average molecular weight is 425 g/mol. The van der Waals surface area contributed by atoms with E-state index in [9.17, 15) is 4.79 Å². The van der Waals surface area contributed by atoms with E-state index in [2.05, 4.69) is 20.4 Å². The Morgan fingerprint density at radius 1 is 1.06 bits per heavy atom. The summed E-state index contributed by atoms with van der Waals surface area (Å²) in [5.41, 5.74) is 1.28. The number of carbonyl (C=O) groups is 1. The second kappa shape index (κ2) is 9.63. The number of aryl methyl sites for hydroxylation is 1. The topological polar surface area (TPSA) is 93.9 Å². The lowest BCUT2D eigenvalue weighted by Crippen LogP contribution is -2.20. The zero-order valence-corrected chi connectivity index (χ0v) is 18.0. The molecule has 1 aliphatic heterocycles. The van der Waals surface area contributed by atoms with Gasteiger partial charge in [-0.15, -0.1) is 15.3 Å². The van der Waals surface area contributed by atoms with Gasteiger partial charge in [-0.3, -0.25) is 4.79 Å². The summed E-state index contributed by atoms with van der Waals surface area (Å²) < 4.78 is 12.9. The largest absolute Gasteiger partial charge is 0.494 e. The lowest BCUT2D eigenvalue weighted by atomic mass is 10.2. The average Bonchev–Trinajstić information content (AvgIpc) is 3.44. The van der Waals surface area contributed by atoms with Gasteiger partial charge in [-0.1, -0.05) is 0 Å². The van der Waals surface area contributed by atoms with Crippen molar-refractivity contribution in [1.29, 1.82) is 0 Å². The molecule has 2 aromatic heterocycles. The van der Waals surface area contributed by atoms with Crippen molar-refractivity contribution in [3.05, 3.63) is 36.2 Å². The molecule has 3 heterocycles. The molecule has 1 fully saturated rings.